The van der Waals surface area contributed by atoms with Crippen LogP contribution in [-0.2, 0) is 4.79 Å². The van der Waals surface area contributed by atoms with Crippen LogP contribution in [0.2, 0.25) is 0 Å². The van der Waals surface area contributed by atoms with Gasteiger partial charge < -0.3 is 20.6 Å². The van der Waals surface area contributed by atoms with Crippen molar-refractivity contribution < 1.29 is 14.7 Å². The lowest BCUT2D eigenvalue weighted by atomic mass is 10.2. The summed E-state index contributed by atoms with van der Waals surface area (Å²) in [4.78, 5) is 24.2. The Kier molecular flexibility index (Phi) is 4.41. The Bertz CT molecular complexity index is 318. The van der Waals surface area contributed by atoms with E-state index in [-0.39, 0.29) is 6.03 Å². The van der Waals surface area contributed by atoms with Crippen molar-refractivity contribution in [1.82, 2.24) is 15.5 Å². The fraction of sp³-hybridized carbons (Fsp3) is 0.833. The van der Waals surface area contributed by atoms with Crippen molar-refractivity contribution in [2.24, 2.45) is 0 Å². The summed E-state index contributed by atoms with van der Waals surface area (Å²) in [6, 6.07) is -0.198. The summed E-state index contributed by atoms with van der Waals surface area (Å²) in [6.45, 7) is 2.05. The normalized spacial score (nSPS) is 23.1. The molecule has 0 unspecified atom stereocenters. The van der Waals surface area contributed by atoms with Gasteiger partial charge in [0, 0.05) is 19.1 Å². The molecule has 2 aliphatic rings. The van der Waals surface area contributed by atoms with Crippen LogP contribution in [0.1, 0.15) is 32.1 Å². The van der Waals surface area contributed by atoms with E-state index in [9.17, 15) is 9.59 Å². The third kappa shape index (κ3) is 3.60. The molecule has 18 heavy (non-hydrogen) atoms. The van der Waals surface area contributed by atoms with Gasteiger partial charge in [0.1, 0.15) is 6.04 Å². The van der Waals surface area contributed by atoms with E-state index in [2.05, 4.69) is 10.6 Å². The standard InChI is InChI=1S/C12H21N3O3/c16-11(17)10-3-1-8-15(10)12(18)14-7-2-6-13-9-4-5-9/h9-10,13H,1-8H2,(H,14,18)(H,16,17)/t10-/m1/s1. The third-order valence-electron chi connectivity index (χ3n) is 3.44. The lowest BCUT2D eigenvalue weighted by molar-refractivity contribution is -0.141. The maximum Gasteiger partial charge on any atom is 0.326 e. The fourth-order valence-electron chi connectivity index (χ4n) is 2.25. The van der Waals surface area contributed by atoms with Crippen molar-refractivity contribution in [2.75, 3.05) is 19.6 Å². The number of rotatable bonds is 6. The predicted molar refractivity (Wildman–Crippen MR) is 66.4 cm³/mol. The lowest BCUT2D eigenvalue weighted by Gasteiger charge is -2.21. The molecule has 2 fully saturated rings. The number of nitrogens with one attached hydrogen (secondary N) is 2. The van der Waals surface area contributed by atoms with E-state index in [1.54, 1.807) is 0 Å². The van der Waals surface area contributed by atoms with E-state index in [0.717, 1.165) is 19.4 Å². The van der Waals surface area contributed by atoms with E-state index in [1.165, 1.54) is 17.7 Å². The first-order chi connectivity index (χ1) is 8.68. The molecular weight excluding hydrogens is 234 g/mol. The molecule has 0 spiro atoms. The van der Waals surface area contributed by atoms with Gasteiger partial charge in [-0.1, -0.05) is 0 Å². The summed E-state index contributed by atoms with van der Waals surface area (Å²) in [6.07, 6.45) is 4.74. The molecule has 102 valence electrons. The third-order valence-corrected chi connectivity index (χ3v) is 3.44. The Balaban J connectivity index is 1.62. The number of urea groups is 1. The van der Waals surface area contributed by atoms with E-state index in [0.29, 0.717) is 25.6 Å². The van der Waals surface area contributed by atoms with Gasteiger partial charge in [0.05, 0.1) is 0 Å². The fourth-order valence-corrected chi connectivity index (χ4v) is 2.25. The summed E-state index contributed by atoms with van der Waals surface area (Å²) in [5.74, 6) is -0.905. The topological polar surface area (TPSA) is 81.7 Å². The summed E-state index contributed by atoms with van der Waals surface area (Å²) < 4.78 is 0. The van der Waals surface area contributed by atoms with E-state index in [1.807, 2.05) is 0 Å². The second-order valence-corrected chi connectivity index (χ2v) is 5.00. The highest BCUT2D eigenvalue weighted by Crippen LogP contribution is 2.18. The summed E-state index contributed by atoms with van der Waals surface area (Å²) in [7, 11) is 0. The second-order valence-electron chi connectivity index (χ2n) is 5.00. The molecule has 1 atom stereocenters. The highest BCUT2D eigenvalue weighted by Gasteiger charge is 2.33. The summed E-state index contributed by atoms with van der Waals surface area (Å²) in [5.41, 5.74) is 0. The van der Waals surface area contributed by atoms with Crippen LogP contribution in [0.4, 0.5) is 4.79 Å². The first-order valence-corrected chi connectivity index (χ1v) is 6.69. The molecule has 6 nitrogen and oxygen atoms in total. The van der Waals surface area contributed by atoms with Gasteiger partial charge in [0.25, 0.3) is 0 Å². The smallest absolute Gasteiger partial charge is 0.326 e. The molecule has 0 radical (unpaired) electrons. The number of carboxylic acids is 1. The van der Waals surface area contributed by atoms with Crippen LogP contribution < -0.4 is 10.6 Å². The molecule has 1 aliphatic carbocycles. The molecule has 2 rings (SSSR count). The van der Waals surface area contributed by atoms with Crippen LogP contribution in [0.3, 0.4) is 0 Å². The van der Waals surface area contributed by atoms with Gasteiger partial charge in [0.2, 0.25) is 0 Å². The second kappa shape index (κ2) is 6.04. The van der Waals surface area contributed by atoms with Crippen molar-refractivity contribution in [3.63, 3.8) is 0 Å². The van der Waals surface area contributed by atoms with Crippen LogP contribution in [0, 0.1) is 0 Å². The average molecular weight is 255 g/mol. The van der Waals surface area contributed by atoms with Gasteiger partial charge in [-0.25, -0.2) is 9.59 Å². The minimum absolute atomic E-state index is 0.244. The van der Waals surface area contributed by atoms with E-state index >= 15 is 0 Å². The van der Waals surface area contributed by atoms with Gasteiger partial charge in [-0.3, -0.25) is 0 Å². The van der Waals surface area contributed by atoms with E-state index in [4.69, 9.17) is 5.11 Å². The Morgan fingerprint density at radius 2 is 2.00 bits per heavy atom. The zero-order valence-electron chi connectivity index (χ0n) is 10.5. The molecule has 0 aromatic heterocycles. The van der Waals surface area contributed by atoms with Gasteiger partial charge >= 0.3 is 12.0 Å². The molecule has 0 bridgehead atoms. The molecule has 6 heteroatoms. The average Bonchev–Trinajstić information content (AvgIpc) is 3.02. The Morgan fingerprint density at radius 3 is 2.67 bits per heavy atom. The van der Waals surface area contributed by atoms with Gasteiger partial charge in [-0.05, 0) is 38.6 Å². The largest absolute Gasteiger partial charge is 0.480 e. The Morgan fingerprint density at radius 1 is 1.22 bits per heavy atom. The molecule has 0 aromatic rings. The lowest BCUT2D eigenvalue weighted by Crippen LogP contribution is -2.46. The van der Waals surface area contributed by atoms with Crippen molar-refractivity contribution in [1.29, 1.82) is 0 Å². The Hall–Kier alpha value is -1.30. The van der Waals surface area contributed by atoms with Crippen LogP contribution in [0.25, 0.3) is 0 Å². The minimum Gasteiger partial charge on any atom is -0.480 e. The maximum absolute atomic E-state index is 11.8. The van der Waals surface area contributed by atoms with Crippen LogP contribution in [-0.4, -0.2) is 53.7 Å². The number of likely N-dealkylation sites (tertiary alicyclic amines) is 1. The van der Waals surface area contributed by atoms with E-state index < -0.39 is 12.0 Å². The molecule has 1 saturated carbocycles. The molecule has 1 saturated heterocycles. The monoisotopic (exact) mass is 255 g/mol. The van der Waals surface area contributed by atoms with Crippen molar-refractivity contribution in [3.8, 4) is 0 Å². The Labute approximate surface area is 107 Å². The van der Waals surface area contributed by atoms with Crippen LogP contribution in [0.5, 0.6) is 0 Å². The zero-order valence-corrected chi connectivity index (χ0v) is 10.5. The maximum atomic E-state index is 11.8. The zero-order chi connectivity index (χ0) is 13.0. The number of aliphatic carboxylic acids is 1. The van der Waals surface area contributed by atoms with Crippen molar-refractivity contribution in [2.45, 2.75) is 44.2 Å². The number of hydrogen-bond donors (Lipinski definition) is 3. The first-order valence-electron chi connectivity index (χ1n) is 6.69. The van der Waals surface area contributed by atoms with Crippen LogP contribution >= 0.6 is 0 Å². The molecule has 1 aliphatic heterocycles. The van der Waals surface area contributed by atoms with Gasteiger partial charge in [-0.2, -0.15) is 0 Å². The predicted octanol–water partition coefficient (Wildman–Crippen LogP) is 0.387. The van der Waals surface area contributed by atoms with Crippen LogP contribution in [0.15, 0.2) is 0 Å². The minimum atomic E-state index is -0.905. The highest BCUT2D eigenvalue weighted by atomic mass is 16.4. The highest BCUT2D eigenvalue weighted by molar-refractivity contribution is 5.83. The molecule has 0 aromatic carbocycles. The number of carbonyl (C=O) groups excluding carboxylic acids is 1. The molecule has 2 amide bonds. The molecule has 1 heterocycles. The summed E-state index contributed by atoms with van der Waals surface area (Å²) >= 11 is 0. The quantitative estimate of drug-likeness (QED) is 0.600. The number of hydrogen-bond acceptors (Lipinski definition) is 3. The van der Waals surface area contributed by atoms with Gasteiger partial charge in [0.15, 0.2) is 0 Å². The SMILES string of the molecule is O=C(O)[C@H]1CCCN1C(=O)NCCCNC1CC1. The number of amides is 2. The summed E-state index contributed by atoms with van der Waals surface area (Å²) in [5, 5.41) is 15.1. The number of nitrogens with zero attached hydrogens (tertiary/aromatic N) is 1. The number of carboxylic acid groups (broad SMARTS) is 1. The first kappa shape index (κ1) is 13.1. The van der Waals surface area contributed by atoms with Gasteiger partial charge in [-0.15, -0.1) is 0 Å². The van der Waals surface area contributed by atoms with Crippen molar-refractivity contribution in [3.05, 3.63) is 0 Å². The molecular formula is C12H21N3O3. The van der Waals surface area contributed by atoms with Crippen molar-refractivity contribution >= 4 is 12.0 Å². The molecule has 3 N–H and O–H groups in total. The number of carbonyl (C=O) groups is 2.